The van der Waals surface area contributed by atoms with E-state index in [1.54, 1.807) is 6.20 Å². The van der Waals surface area contributed by atoms with Gasteiger partial charge in [0.05, 0.1) is 6.54 Å². The second-order valence-corrected chi connectivity index (χ2v) is 4.12. The molecule has 5 heteroatoms. The van der Waals surface area contributed by atoms with Gasteiger partial charge in [0.25, 0.3) is 0 Å². The zero-order chi connectivity index (χ0) is 13.0. The third-order valence-corrected chi connectivity index (χ3v) is 2.53. The quantitative estimate of drug-likeness (QED) is 0.849. The third kappa shape index (κ3) is 3.00. The number of nitrogens with one attached hydrogen (secondary N) is 2. The van der Waals surface area contributed by atoms with Crippen LogP contribution in [0.4, 0.5) is 11.8 Å². The molecule has 0 unspecified atom stereocenters. The van der Waals surface area contributed by atoms with Crippen LogP contribution in [0.1, 0.15) is 24.0 Å². The van der Waals surface area contributed by atoms with E-state index < -0.39 is 0 Å². The molecule has 0 saturated heterocycles. The molecule has 0 saturated carbocycles. The summed E-state index contributed by atoms with van der Waals surface area (Å²) in [6.07, 6.45) is 1.81. The fourth-order valence-electron chi connectivity index (χ4n) is 1.62. The van der Waals surface area contributed by atoms with Gasteiger partial charge in [0, 0.05) is 18.3 Å². The van der Waals surface area contributed by atoms with E-state index in [4.69, 9.17) is 4.42 Å². The van der Waals surface area contributed by atoms with Gasteiger partial charge >= 0.3 is 0 Å². The van der Waals surface area contributed by atoms with Gasteiger partial charge in [-0.25, -0.2) is 4.98 Å². The Balaban J connectivity index is 2.05. The molecular weight excluding hydrogens is 228 g/mol. The van der Waals surface area contributed by atoms with E-state index in [0.29, 0.717) is 12.5 Å². The molecule has 96 valence electrons. The number of hydrogen-bond acceptors (Lipinski definition) is 5. The van der Waals surface area contributed by atoms with E-state index in [0.717, 1.165) is 29.4 Å². The van der Waals surface area contributed by atoms with Crippen LogP contribution in [0.3, 0.4) is 0 Å². The van der Waals surface area contributed by atoms with Gasteiger partial charge in [-0.15, -0.1) is 0 Å². The minimum Gasteiger partial charge on any atom is -0.465 e. The molecule has 0 bridgehead atoms. The summed E-state index contributed by atoms with van der Waals surface area (Å²) >= 11 is 0. The topological polar surface area (TPSA) is 63.0 Å². The van der Waals surface area contributed by atoms with Crippen LogP contribution in [0.15, 0.2) is 22.7 Å². The van der Waals surface area contributed by atoms with Crippen molar-refractivity contribution in [3.63, 3.8) is 0 Å². The normalized spacial score (nSPS) is 10.4. The molecule has 0 fully saturated rings. The lowest BCUT2D eigenvalue weighted by Gasteiger charge is -2.09. The zero-order valence-electron chi connectivity index (χ0n) is 10.9. The van der Waals surface area contributed by atoms with Gasteiger partial charge in [-0.05, 0) is 32.9 Å². The molecule has 5 nitrogen and oxygen atoms in total. The minimum absolute atomic E-state index is 0.622. The van der Waals surface area contributed by atoms with Gasteiger partial charge < -0.3 is 15.1 Å². The van der Waals surface area contributed by atoms with Crippen LogP contribution in [0.25, 0.3) is 0 Å². The number of rotatable bonds is 5. The number of anilines is 2. The van der Waals surface area contributed by atoms with E-state index in [-0.39, 0.29) is 0 Å². The van der Waals surface area contributed by atoms with Crippen molar-refractivity contribution in [1.82, 2.24) is 9.97 Å². The summed E-state index contributed by atoms with van der Waals surface area (Å²) < 4.78 is 5.50. The molecule has 2 rings (SSSR count). The molecule has 2 aromatic rings. The van der Waals surface area contributed by atoms with Crippen molar-refractivity contribution < 1.29 is 4.42 Å². The molecule has 0 aliphatic rings. The van der Waals surface area contributed by atoms with Gasteiger partial charge in [-0.1, -0.05) is 0 Å². The maximum absolute atomic E-state index is 5.50. The average Bonchev–Trinajstić information content (AvgIpc) is 2.76. The number of hydrogen-bond donors (Lipinski definition) is 2. The summed E-state index contributed by atoms with van der Waals surface area (Å²) in [6.45, 7) is 7.35. The van der Waals surface area contributed by atoms with E-state index in [9.17, 15) is 0 Å². The van der Waals surface area contributed by atoms with E-state index in [2.05, 4.69) is 20.6 Å². The molecule has 0 aliphatic carbocycles. The highest BCUT2D eigenvalue weighted by molar-refractivity contribution is 5.46. The van der Waals surface area contributed by atoms with Gasteiger partial charge in [0.15, 0.2) is 0 Å². The molecule has 18 heavy (non-hydrogen) atoms. The SMILES string of the molecule is CCNc1ncc(C)c(NCc2ccc(C)o2)n1. The number of aryl methyl sites for hydroxylation is 2. The zero-order valence-corrected chi connectivity index (χ0v) is 10.9. The average molecular weight is 246 g/mol. The second-order valence-electron chi connectivity index (χ2n) is 4.12. The smallest absolute Gasteiger partial charge is 0.224 e. The molecule has 0 aromatic carbocycles. The number of nitrogens with zero attached hydrogens (tertiary/aromatic N) is 2. The van der Waals surface area contributed by atoms with E-state index in [1.807, 2.05) is 32.9 Å². The Bertz CT molecular complexity index is 521. The highest BCUT2D eigenvalue weighted by Crippen LogP contribution is 2.14. The molecule has 2 N–H and O–H groups in total. The molecule has 2 aromatic heterocycles. The summed E-state index contributed by atoms with van der Waals surface area (Å²) in [5.41, 5.74) is 1.01. The highest BCUT2D eigenvalue weighted by atomic mass is 16.3. The summed E-state index contributed by atoms with van der Waals surface area (Å²) in [6, 6.07) is 3.91. The number of furan rings is 1. The van der Waals surface area contributed by atoms with Crippen LogP contribution in [0.2, 0.25) is 0 Å². The minimum atomic E-state index is 0.622. The summed E-state index contributed by atoms with van der Waals surface area (Å²) in [5, 5.41) is 6.35. The maximum atomic E-state index is 5.50. The first-order valence-electron chi connectivity index (χ1n) is 6.05. The lowest BCUT2D eigenvalue weighted by molar-refractivity contribution is 0.490. The van der Waals surface area contributed by atoms with Crippen LogP contribution in [0, 0.1) is 13.8 Å². The van der Waals surface area contributed by atoms with Crippen LogP contribution in [0.5, 0.6) is 0 Å². The molecule has 0 aliphatic heterocycles. The molecule has 0 amide bonds. The Morgan fingerprint density at radius 1 is 1.22 bits per heavy atom. The monoisotopic (exact) mass is 246 g/mol. The predicted molar refractivity (Wildman–Crippen MR) is 71.7 cm³/mol. The largest absolute Gasteiger partial charge is 0.465 e. The molecule has 0 spiro atoms. The van der Waals surface area contributed by atoms with Crippen molar-refractivity contribution in [2.24, 2.45) is 0 Å². The Morgan fingerprint density at radius 3 is 2.72 bits per heavy atom. The maximum Gasteiger partial charge on any atom is 0.224 e. The van der Waals surface area contributed by atoms with Crippen LogP contribution < -0.4 is 10.6 Å². The van der Waals surface area contributed by atoms with Gasteiger partial charge in [-0.2, -0.15) is 4.98 Å². The van der Waals surface area contributed by atoms with Crippen LogP contribution in [-0.2, 0) is 6.54 Å². The van der Waals surface area contributed by atoms with Crippen molar-refractivity contribution in [3.8, 4) is 0 Å². The Kier molecular flexibility index (Phi) is 3.82. The number of aromatic nitrogens is 2. The first-order valence-corrected chi connectivity index (χ1v) is 6.05. The lowest BCUT2D eigenvalue weighted by Crippen LogP contribution is -2.07. The van der Waals surface area contributed by atoms with Crippen molar-refractivity contribution in [1.29, 1.82) is 0 Å². The first-order chi connectivity index (χ1) is 8.69. The Morgan fingerprint density at radius 2 is 2.06 bits per heavy atom. The fraction of sp³-hybridized carbons (Fsp3) is 0.385. The lowest BCUT2D eigenvalue weighted by atomic mass is 10.3. The van der Waals surface area contributed by atoms with Gasteiger partial charge in [-0.3, -0.25) is 0 Å². The summed E-state index contributed by atoms with van der Waals surface area (Å²) in [4.78, 5) is 8.61. The van der Waals surface area contributed by atoms with Crippen molar-refractivity contribution in [2.45, 2.75) is 27.3 Å². The van der Waals surface area contributed by atoms with Gasteiger partial charge in [0.1, 0.15) is 17.3 Å². The van der Waals surface area contributed by atoms with Crippen molar-refractivity contribution >= 4 is 11.8 Å². The molecule has 0 atom stereocenters. The first kappa shape index (κ1) is 12.4. The summed E-state index contributed by atoms with van der Waals surface area (Å²) in [7, 11) is 0. The standard InChI is InChI=1S/C13H18N4O/c1-4-14-13-16-7-9(2)12(17-13)15-8-11-6-5-10(3)18-11/h5-7H,4,8H2,1-3H3,(H2,14,15,16,17). The fourth-order valence-corrected chi connectivity index (χ4v) is 1.62. The Labute approximate surface area is 107 Å². The van der Waals surface area contributed by atoms with Crippen molar-refractivity contribution in [3.05, 3.63) is 35.4 Å². The van der Waals surface area contributed by atoms with Crippen LogP contribution in [-0.4, -0.2) is 16.5 Å². The Hall–Kier alpha value is -2.04. The van der Waals surface area contributed by atoms with E-state index >= 15 is 0 Å². The molecular formula is C13H18N4O. The van der Waals surface area contributed by atoms with Crippen LogP contribution >= 0.6 is 0 Å². The molecule has 0 radical (unpaired) electrons. The predicted octanol–water partition coefficient (Wildman–Crippen LogP) is 2.73. The van der Waals surface area contributed by atoms with E-state index in [1.165, 1.54) is 0 Å². The van der Waals surface area contributed by atoms with Gasteiger partial charge in [0.2, 0.25) is 5.95 Å². The molecule has 2 heterocycles. The third-order valence-electron chi connectivity index (χ3n) is 2.53. The summed E-state index contributed by atoms with van der Waals surface area (Å²) in [5.74, 6) is 3.28. The highest BCUT2D eigenvalue weighted by Gasteiger charge is 2.04. The second kappa shape index (κ2) is 5.53. The van der Waals surface area contributed by atoms with Crippen molar-refractivity contribution in [2.75, 3.05) is 17.2 Å².